The Bertz CT molecular complexity index is 545. The molecule has 0 aliphatic heterocycles. The second-order valence-corrected chi connectivity index (χ2v) is 4.19. The van der Waals surface area contributed by atoms with E-state index >= 15 is 0 Å². The first-order valence-electron chi connectivity index (χ1n) is 5.45. The highest BCUT2D eigenvalue weighted by Gasteiger charge is 2.14. The summed E-state index contributed by atoms with van der Waals surface area (Å²) < 4.78 is 14.9. The second kappa shape index (κ2) is 4.25. The zero-order valence-corrected chi connectivity index (χ0v) is 10.1. The lowest BCUT2D eigenvalue weighted by atomic mass is 10.1. The van der Waals surface area contributed by atoms with Gasteiger partial charge in [0.2, 0.25) is 0 Å². The molecule has 17 heavy (non-hydrogen) atoms. The Morgan fingerprint density at radius 1 is 1.35 bits per heavy atom. The Balaban J connectivity index is 2.57. The molecule has 0 spiro atoms. The van der Waals surface area contributed by atoms with Crippen molar-refractivity contribution < 1.29 is 4.39 Å². The van der Waals surface area contributed by atoms with Gasteiger partial charge in [-0.3, -0.25) is 0 Å². The van der Waals surface area contributed by atoms with E-state index in [4.69, 9.17) is 5.73 Å². The van der Waals surface area contributed by atoms with Gasteiger partial charge in [0.25, 0.3) is 0 Å². The Morgan fingerprint density at radius 3 is 2.65 bits per heavy atom. The van der Waals surface area contributed by atoms with Gasteiger partial charge in [-0.1, -0.05) is 11.3 Å². The zero-order chi connectivity index (χ0) is 12.6. The molecule has 2 aromatic rings. The molecule has 1 unspecified atom stereocenters. The first kappa shape index (κ1) is 11.7. The van der Waals surface area contributed by atoms with Crippen LogP contribution in [-0.2, 0) is 0 Å². The maximum absolute atomic E-state index is 13.2. The molecule has 0 radical (unpaired) electrons. The van der Waals surface area contributed by atoms with Crippen LogP contribution >= 0.6 is 0 Å². The lowest BCUT2D eigenvalue weighted by molar-refractivity contribution is 0.623. The predicted molar refractivity (Wildman–Crippen MR) is 63.4 cm³/mol. The van der Waals surface area contributed by atoms with Crippen LogP contribution in [0.3, 0.4) is 0 Å². The van der Waals surface area contributed by atoms with Crippen LogP contribution in [0.15, 0.2) is 18.2 Å². The van der Waals surface area contributed by atoms with Crippen LogP contribution in [-0.4, -0.2) is 15.0 Å². The molecule has 0 amide bonds. The van der Waals surface area contributed by atoms with Gasteiger partial charge in [0.1, 0.15) is 11.5 Å². The summed E-state index contributed by atoms with van der Waals surface area (Å²) >= 11 is 0. The molecule has 2 N–H and O–H groups in total. The van der Waals surface area contributed by atoms with Gasteiger partial charge in [-0.25, -0.2) is 9.07 Å². The van der Waals surface area contributed by atoms with E-state index in [1.165, 1.54) is 12.1 Å². The number of hydrogen-bond donors (Lipinski definition) is 1. The van der Waals surface area contributed by atoms with E-state index in [-0.39, 0.29) is 11.9 Å². The summed E-state index contributed by atoms with van der Waals surface area (Å²) in [5.74, 6) is -0.289. The van der Waals surface area contributed by atoms with Gasteiger partial charge in [-0.15, -0.1) is 5.10 Å². The third-order valence-electron chi connectivity index (χ3n) is 2.76. The predicted octanol–water partition coefficient (Wildman–Crippen LogP) is 2.04. The van der Waals surface area contributed by atoms with Crippen molar-refractivity contribution >= 4 is 0 Å². The molecule has 0 bridgehead atoms. The van der Waals surface area contributed by atoms with Crippen LogP contribution in [0, 0.1) is 19.7 Å². The van der Waals surface area contributed by atoms with Gasteiger partial charge in [-0.2, -0.15) is 0 Å². The van der Waals surface area contributed by atoms with Gasteiger partial charge < -0.3 is 5.73 Å². The number of hydrogen-bond acceptors (Lipinski definition) is 3. The van der Waals surface area contributed by atoms with Gasteiger partial charge in [-0.05, 0) is 38.5 Å². The Labute approximate surface area is 99.2 Å². The monoisotopic (exact) mass is 234 g/mol. The fraction of sp³-hybridized carbons (Fsp3) is 0.333. The second-order valence-electron chi connectivity index (χ2n) is 4.19. The van der Waals surface area contributed by atoms with Gasteiger partial charge in [0, 0.05) is 6.04 Å². The summed E-state index contributed by atoms with van der Waals surface area (Å²) in [6, 6.07) is 4.41. The van der Waals surface area contributed by atoms with E-state index in [1.807, 2.05) is 20.8 Å². The van der Waals surface area contributed by atoms with Crippen LogP contribution in [0.5, 0.6) is 0 Å². The lowest BCUT2D eigenvalue weighted by Gasteiger charge is -2.08. The first-order valence-corrected chi connectivity index (χ1v) is 5.45. The minimum Gasteiger partial charge on any atom is -0.323 e. The Hall–Kier alpha value is -1.75. The summed E-state index contributed by atoms with van der Waals surface area (Å²) in [5.41, 5.74) is 8.99. The van der Waals surface area contributed by atoms with E-state index in [9.17, 15) is 4.39 Å². The SMILES string of the molecule is Cc1ccc(F)cc1-n1nnc(C(C)N)c1C. The van der Waals surface area contributed by atoms with Crippen molar-refractivity contribution in [3.05, 3.63) is 41.0 Å². The zero-order valence-electron chi connectivity index (χ0n) is 10.1. The van der Waals surface area contributed by atoms with Gasteiger partial charge in [0.05, 0.1) is 11.4 Å². The molecule has 1 atom stereocenters. The lowest BCUT2D eigenvalue weighted by Crippen LogP contribution is -2.08. The molecule has 0 saturated carbocycles. The van der Waals surface area contributed by atoms with Crippen molar-refractivity contribution in [3.8, 4) is 5.69 Å². The summed E-state index contributed by atoms with van der Waals surface area (Å²) in [6.07, 6.45) is 0. The fourth-order valence-electron chi connectivity index (χ4n) is 1.80. The smallest absolute Gasteiger partial charge is 0.125 e. The third-order valence-corrected chi connectivity index (χ3v) is 2.76. The van der Waals surface area contributed by atoms with Crippen molar-refractivity contribution in [2.24, 2.45) is 5.73 Å². The van der Waals surface area contributed by atoms with E-state index in [0.29, 0.717) is 5.69 Å². The third kappa shape index (κ3) is 2.06. The van der Waals surface area contributed by atoms with Crippen LogP contribution in [0.2, 0.25) is 0 Å². The summed E-state index contributed by atoms with van der Waals surface area (Å²) in [5, 5.41) is 8.06. The quantitative estimate of drug-likeness (QED) is 0.865. The number of aryl methyl sites for hydroxylation is 1. The van der Waals surface area contributed by atoms with E-state index in [2.05, 4.69) is 10.3 Å². The molecule has 0 aliphatic carbocycles. The van der Waals surface area contributed by atoms with Crippen LogP contribution in [0.25, 0.3) is 5.69 Å². The average molecular weight is 234 g/mol. The van der Waals surface area contributed by atoms with Crippen molar-refractivity contribution in [2.45, 2.75) is 26.8 Å². The number of rotatable bonds is 2. The molecule has 2 rings (SSSR count). The summed E-state index contributed by atoms with van der Waals surface area (Å²) in [4.78, 5) is 0. The van der Waals surface area contributed by atoms with E-state index < -0.39 is 0 Å². The van der Waals surface area contributed by atoms with Gasteiger partial charge >= 0.3 is 0 Å². The van der Waals surface area contributed by atoms with Crippen molar-refractivity contribution in [2.75, 3.05) is 0 Å². The number of halogens is 1. The molecule has 90 valence electrons. The number of aromatic nitrogens is 3. The molecular formula is C12H15FN4. The molecule has 4 nitrogen and oxygen atoms in total. The Morgan fingerprint density at radius 2 is 2.06 bits per heavy atom. The molecular weight excluding hydrogens is 219 g/mol. The highest BCUT2D eigenvalue weighted by atomic mass is 19.1. The average Bonchev–Trinajstić information content (AvgIpc) is 2.64. The molecule has 0 saturated heterocycles. The standard InChI is InChI=1S/C12H15FN4/c1-7-4-5-10(13)6-11(7)17-9(3)12(8(2)14)15-16-17/h4-6,8H,14H2,1-3H3. The van der Waals surface area contributed by atoms with Crippen LogP contribution in [0.1, 0.15) is 29.9 Å². The minimum absolute atomic E-state index is 0.183. The van der Waals surface area contributed by atoms with Crippen molar-refractivity contribution in [1.82, 2.24) is 15.0 Å². The van der Waals surface area contributed by atoms with Crippen LogP contribution in [0.4, 0.5) is 4.39 Å². The van der Waals surface area contributed by atoms with E-state index in [0.717, 1.165) is 17.0 Å². The normalized spacial score (nSPS) is 12.8. The summed E-state index contributed by atoms with van der Waals surface area (Å²) in [6.45, 7) is 5.63. The van der Waals surface area contributed by atoms with Crippen molar-refractivity contribution in [1.29, 1.82) is 0 Å². The Kier molecular flexibility index (Phi) is 2.93. The summed E-state index contributed by atoms with van der Waals surface area (Å²) in [7, 11) is 0. The van der Waals surface area contributed by atoms with E-state index in [1.54, 1.807) is 10.7 Å². The topological polar surface area (TPSA) is 56.7 Å². The van der Waals surface area contributed by atoms with Crippen molar-refractivity contribution in [3.63, 3.8) is 0 Å². The molecule has 1 heterocycles. The fourth-order valence-corrected chi connectivity index (χ4v) is 1.80. The highest BCUT2D eigenvalue weighted by Crippen LogP contribution is 2.19. The largest absolute Gasteiger partial charge is 0.323 e. The maximum atomic E-state index is 13.2. The molecule has 1 aromatic carbocycles. The highest BCUT2D eigenvalue weighted by molar-refractivity contribution is 5.41. The number of benzene rings is 1. The first-order chi connectivity index (χ1) is 8.00. The van der Waals surface area contributed by atoms with Crippen LogP contribution < -0.4 is 5.73 Å². The molecule has 1 aromatic heterocycles. The molecule has 5 heteroatoms. The number of nitrogens with two attached hydrogens (primary N) is 1. The number of nitrogens with zero attached hydrogens (tertiary/aromatic N) is 3. The van der Waals surface area contributed by atoms with Gasteiger partial charge in [0.15, 0.2) is 0 Å². The molecule has 0 aliphatic rings. The molecule has 0 fully saturated rings. The minimum atomic E-state index is -0.289. The maximum Gasteiger partial charge on any atom is 0.125 e.